The maximum absolute atomic E-state index is 6.61. The van der Waals surface area contributed by atoms with Crippen molar-refractivity contribution in [2.75, 3.05) is 39.6 Å². The maximum Gasteiger partial charge on any atom is 0.501 e. The first kappa shape index (κ1) is 34.2. The predicted molar refractivity (Wildman–Crippen MR) is 139 cm³/mol. The second kappa shape index (κ2) is 20.4. The van der Waals surface area contributed by atoms with Gasteiger partial charge in [0.25, 0.3) is 0 Å². The molecule has 0 aliphatic carbocycles. The van der Waals surface area contributed by atoms with E-state index < -0.39 is 8.80 Å². The van der Waals surface area contributed by atoms with Crippen molar-refractivity contribution in [3.05, 3.63) is 0 Å². The SMILES string of the molecule is C.C.CCC(CC)CO[Si](CCCOCC1CO1)(OCC(CC)CC)OCC(CC)CC. The summed E-state index contributed by atoms with van der Waals surface area (Å²) in [6.07, 6.45) is 8.00. The molecule has 1 rings (SSSR count). The van der Waals surface area contributed by atoms with E-state index in [9.17, 15) is 0 Å². The normalized spacial score (nSPS) is 15.8. The van der Waals surface area contributed by atoms with Crippen LogP contribution in [-0.2, 0) is 22.8 Å². The van der Waals surface area contributed by atoms with E-state index in [4.69, 9.17) is 22.8 Å². The molecule has 1 heterocycles. The van der Waals surface area contributed by atoms with Crippen LogP contribution in [0.1, 0.15) is 101 Å². The van der Waals surface area contributed by atoms with E-state index in [2.05, 4.69) is 41.5 Å². The Hall–Kier alpha value is 0.0169. The van der Waals surface area contributed by atoms with E-state index in [0.717, 1.165) is 77.4 Å². The number of hydrogen-bond acceptors (Lipinski definition) is 5. The van der Waals surface area contributed by atoms with Gasteiger partial charge >= 0.3 is 8.80 Å². The van der Waals surface area contributed by atoms with Crippen LogP contribution in [0.25, 0.3) is 0 Å². The van der Waals surface area contributed by atoms with Crippen molar-refractivity contribution >= 4 is 8.80 Å². The standard InChI is InChI=1S/C24H50O5Si.2CH4/c1-7-21(8-2)16-27-30(28-17-22(9-3)10-4,29-18-23(11-5)12-6)15-13-14-25-19-24-20-26-24;;/h21-24H,7-20H2,1-6H3;2*1H4. The van der Waals surface area contributed by atoms with E-state index in [1.54, 1.807) is 0 Å². The molecule has 0 spiro atoms. The van der Waals surface area contributed by atoms with Crippen molar-refractivity contribution < 1.29 is 22.8 Å². The van der Waals surface area contributed by atoms with Crippen molar-refractivity contribution in [2.24, 2.45) is 17.8 Å². The Bertz CT molecular complexity index is 353. The Morgan fingerprint density at radius 1 is 0.719 bits per heavy atom. The Morgan fingerprint density at radius 3 is 1.41 bits per heavy atom. The van der Waals surface area contributed by atoms with Gasteiger partial charge in [0.05, 0.1) is 13.2 Å². The molecule has 1 aliphatic heterocycles. The van der Waals surface area contributed by atoms with Gasteiger partial charge < -0.3 is 22.8 Å². The van der Waals surface area contributed by atoms with E-state index in [1.165, 1.54) is 0 Å². The first-order valence-corrected chi connectivity index (χ1v) is 14.6. The number of rotatable bonds is 21. The highest BCUT2D eigenvalue weighted by molar-refractivity contribution is 6.60. The highest BCUT2D eigenvalue weighted by Crippen LogP contribution is 2.25. The maximum atomic E-state index is 6.61. The van der Waals surface area contributed by atoms with E-state index in [-0.39, 0.29) is 14.9 Å². The number of epoxide rings is 1. The minimum absolute atomic E-state index is 0. The molecule has 0 aromatic carbocycles. The third-order valence-corrected chi connectivity index (χ3v) is 9.34. The second-order valence-electron chi connectivity index (χ2n) is 8.80. The zero-order valence-corrected chi connectivity index (χ0v) is 21.8. The van der Waals surface area contributed by atoms with E-state index in [1.807, 2.05) is 0 Å². The zero-order chi connectivity index (χ0) is 22.2. The van der Waals surface area contributed by atoms with Crippen LogP contribution in [0.2, 0.25) is 6.04 Å². The Labute approximate surface area is 202 Å². The van der Waals surface area contributed by atoms with Crippen LogP contribution in [0.3, 0.4) is 0 Å². The minimum atomic E-state index is -2.75. The van der Waals surface area contributed by atoms with E-state index >= 15 is 0 Å². The first-order valence-electron chi connectivity index (χ1n) is 12.7. The fraction of sp³-hybridized carbons (Fsp3) is 1.00. The van der Waals surface area contributed by atoms with Crippen LogP contribution in [0.4, 0.5) is 0 Å². The lowest BCUT2D eigenvalue weighted by Crippen LogP contribution is -2.48. The molecule has 0 N–H and O–H groups in total. The number of hydrogen-bond donors (Lipinski definition) is 0. The van der Waals surface area contributed by atoms with Crippen LogP contribution in [0.5, 0.6) is 0 Å². The first-order chi connectivity index (χ1) is 14.6. The monoisotopic (exact) mass is 478 g/mol. The second-order valence-corrected chi connectivity index (χ2v) is 11.5. The van der Waals surface area contributed by atoms with Crippen molar-refractivity contribution in [3.63, 3.8) is 0 Å². The summed E-state index contributed by atoms with van der Waals surface area (Å²) in [5, 5.41) is 0. The topological polar surface area (TPSA) is 49.5 Å². The van der Waals surface area contributed by atoms with Gasteiger partial charge in [-0.2, -0.15) is 0 Å². The highest BCUT2D eigenvalue weighted by atomic mass is 28.4. The summed E-state index contributed by atoms with van der Waals surface area (Å²) >= 11 is 0. The van der Waals surface area contributed by atoms with Crippen LogP contribution < -0.4 is 0 Å². The van der Waals surface area contributed by atoms with Crippen LogP contribution in [-0.4, -0.2) is 54.5 Å². The fourth-order valence-electron chi connectivity index (χ4n) is 3.42. The van der Waals surface area contributed by atoms with Crippen molar-refractivity contribution in [1.29, 1.82) is 0 Å². The fourth-order valence-corrected chi connectivity index (χ4v) is 6.15. The van der Waals surface area contributed by atoms with Crippen molar-refractivity contribution in [1.82, 2.24) is 0 Å². The summed E-state index contributed by atoms with van der Waals surface area (Å²) in [6, 6.07) is 0.832. The predicted octanol–water partition coefficient (Wildman–Crippen LogP) is 7.36. The molecule has 196 valence electrons. The van der Waals surface area contributed by atoms with Crippen LogP contribution in [0.15, 0.2) is 0 Å². The molecule has 0 aromatic rings. The third kappa shape index (κ3) is 14.3. The van der Waals surface area contributed by atoms with Gasteiger partial charge in [-0.05, 0) is 24.2 Å². The molecule has 1 aliphatic rings. The molecule has 0 aromatic heterocycles. The molecule has 6 heteroatoms. The summed E-state index contributed by atoms with van der Waals surface area (Å²) in [6.45, 7) is 17.9. The van der Waals surface area contributed by atoms with E-state index in [0.29, 0.717) is 37.1 Å². The summed E-state index contributed by atoms with van der Waals surface area (Å²) in [5.74, 6) is 1.69. The summed E-state index contributed by atoms with van der Waals surface area (Å²) < 4.78 is 30.8. The molecule has 1 fully saturated rings. The molecule has 1 saturated heterocycles. The van der Waals surface area contributed by atoms with Crippen LogP contribution in [0, 0.1) is 17.8 Å². The van der Waals surface area contributed by atoms with Gasteiger partial charge in [-0.3, -0.25) is 0 Å². The lowest BCUT2D eigenvalue weighted by molar-refractivity contribution is 0.0234. The van der Waals surface area contributed by atoms with Gasteiger partial charge in [0.1, 0.15) is 6.10 Å². The molecule has 32 heavy (non-hydrogen) atoms. The molecule has 1 unspecified atom stereocenters. The molecular formula is C26H58O5Si. The summed E-state index contributed by atoms with van der Waals surface area (Å²) in [7, 11) is -2.75. The lowest BCUT2D eigenvalue weighted by Gasteiger charge is -2.33. The Kier molecular flexibility index (Phi) is 21.8. The third-order valence-electron chi connectivity index (χ3n) is 6.56. The molecular weight excluding hydrogens is 420 g/mol. The Morgan fingerprint density at radius 2 is 1.09 bits per heavy atom. The quantitative estimate of drug-likeness (QED) is 0.0979. The van der Waals surface area contributed by atoms with Crippen LogP contribution >= 0.6 is 0 Å². The van der Waals surface area contributed by atoms with Crippen molar-refractivity contribution in [2.45, 2.75) is 113 Å². The van der Waals surface area contributed by atoms with Gasteiger partial charge in [-0.1, -0.05) is 94.9 Å². The van der Waals surface area contributed by atoms with Gasteiger partial charge in [0.15, 0.2) is 0 Å². The average Bonchev–Trinajstić information content (AvgIpc) is 3.60. The van der Waals surface area contributed by atoms with Gasteiger partial charge in [-0.25, -0.2) is 0 Å². The largest absolute Gasteiger partial charge is 0.501 e. The minimum Gasteiger partial charge on any atom is -0.379 e. The summed E-state index contributed by atoms with van der Waals surface area (Å²) in [4.78, 5) is 0. The average molecular weight is 479 g/mol. The molecule has 0 amide bonds. The lowest BCUT2D eigenvalue weighted by atomic mass is 10.1. The smallest absolute Gasteiger partial charge is 0.379 e. The highest BCUT2D eigenvalue weighted by Gasteiger charge is 2.42. The molecule has 0 saturated carbocycles. The summed E-state index contributed by atoms with van der Waals surface area (Å²) in [5.41, 5.74) is 0. The van der Waals surface area contributed by atoms with Gasteiger partial charge in [0.2, 0.25) is 0 Å². The van der Waals surface area contributed by atoms with Gasteiger partial charge in [-0.15, -0.1) is 0 Å². The molecule has 1 atom stereocenters. The number of ether oxygens (including phenoxy) is 2. The zero-order valence-electron chi connectivity index (χ0n) is 20.8. The Balaban J connectivity index is 0. The van der Waals surface area contributed by atoms with Gasteiger partial charge in [0, 0.05) is 32.5 Å². The molecule has 0 radical (unpaired) electrons. The molecule has 0 bridgehead atoms. The molecule has 5 nitrogen and oxygen atoms in total. The van der Waals surface area contributed by atoms with Crippen molar-refractivity contribution in [3.8, 4) is 0 Å².